The Labute approximate surface area is 186 Å². The molecule has 0 aromatic heterocycles. The smallest absolute Gasteiger partial charge is 0.300 e. The maximum Gasteiger partial charge on any atom is 0.300 e. The SMILES string of the molecule is CCSc1ccc(C(=N)N2CCCc3cc(C4=NNC(=O)SC4(C)C)ccc32)cc1. The van der Waals surface area contributed by atoms with Crippen LogP contribution in [-0.2, 0) is 6.42 Å². The number of anilines is 1. The second kappa shape index (κ2) is 8.47. The first kappa shape index (κ1) is 21.0. The zero-order valence-electron chi connectivity index (χ0n) is 17.5. The fourth-order valence-corrected chi connectivity index (χ4v) is 5.44. The molecule has 2 aromatic rings. The van der Waals surface area contributed by atoms with Gasteiger partial charge in [-0.2, -0.15) is 5.10 Å². The van der Waals surface area contributed by atoms with Crippen LogP contribution in [-0.4, -0.2) is 33.8 Å². The van der Waals surface area contributed by atoms with Gasteiger partial charge in [0.25, 0.3) is 5.24 Å². The van der Waals surface area contributed by atoms with Gasteiger partial charge in [0.2, 0.25) is 0 Å². The van der Waals surface area contributed by atoms with Crippen LogP contribution in [0.1, 0.15) is 43.9 Å². The highest BCUT2D eigenvalue weighted by Crippen LogP contribution is 2.35. The molecule has 0 saturated carbocycles. The van der Waals surface area contributed by atoms with E-state index in [2.05, 4.69) is 52.7 Å². The fraction of sp³-hybridized carbons (Fsp3) is 0.348. The predicted molar refractivity (Wildman–Crippen MR) is 129 cm³/mol. The van der Waals surface area contributed by atoms with Crippen LogP contribution in [0.2, 0.25) is 0 Å². The van der Waals surface area contributed by atoms with Gasteiger partial charge in [0.1, 0.15) is 5.84 Å². The van der Waals surface area contributed by atoms with Crippen molar-refractivity contribution >= 4 is 46.0 Å². The number of amides is 1. The monoisotopic (exact) mass is 438 g/mol. The molecule has 0 radical (unpaired) electrons. The zero-order chi connectivity index (χ0) is 21.3. The number of aryl methyl sites for hydroxylation is 1. The van der Waals surface area contributed by atoms with E-state index in [1.165, 1.54) is 22.2 Å². The number of thioether (sulfide) groups is 2. The van der Waals surface area contributed by atoms with E-state index in [0.29, 0.717) is 5.84 Å². The molecule has 0 bridgehead atoms. The number of benzene rings is 2. The summed E-state index contributed by atoms with van der Waals surface area (Å²) in [7, 11) is 0. The van der Waals surface area contributed by atoms with E-state index in [-0.39, 0.29) is 9.99 Å². The topological polar surface area (TPSA) is 68.6 Å². The Balaban J connectivity index is 1.62. The second-order valence-electron chi connectivity index (χ2n) is 7.88. The Bertz CT molecular complexity index is 1010. The van der Waals surface area contributed by atoms with E-state index in [1.54, 1.807) is 0 Å². The Hall–Kier alpha value is -2.25. The van der Waals surface area contributed by atoms with Crippen LogP contribution in [0.15, 0.2) is 52.5 Å². The summed E-state index contributed by atoms with van der Waals surface area (Å²) in [5.74, 6) is 1.58. The van der Waals surface area contributed by atoms with Crippen molar-refractivity contribution < 1.29 is 4.79 Å². The molecule has 2 N–H and O–H groups in total. The number of carbonyl (C=O) groups excluding carboxylic acids is 1. The molecule has 30 heavy (non-hydrogen) atoms. The van der Waals surface area contributed by atoms with Crippen LogP contribution < -0.4 is 10.3 Å². The van der Waals surface area contributed by atoms with E-state index in [9.17, 15) is 4.79 Å². The van der Waals surface area contributed by atoms with Gasteiger partial charge < -0.3 is 4.90 Å². The van der Waals surface area contributed by atoms with Crippen LogP contribution >= 0.6 is 23.5 Å². The van der Waals surface area contributed by atoms with E-state index < -0.39 is 0 Å². The number of nitrogens with zero attached hydrogens (tertiary/aromatic N) is 2. The fourth-order valence-electron chi connectivity index (χ4n) is 3.96. The highest BCUT2D eigenvalue weighted by Gasteiger charge is 2.34. The van der Waals surface area contributed by atoms with Crippen LogP contribution in [0.4, 0.5) is 10.5 Å². The molecule has 0 saturated heterocycles. The van der Waals surface area contributed by atoms with Crippen molar-refractivity contribution in [3.05, 3.63) is 59.2 Å². The number of hydrogen-bond donors (Lipinski definition) is 2. The van der Waals surface area contributed by atoms with E-state index in [1.807, 2.05) is 37.7 Å². The molecule has 0 atom stereocenters. The average Bonchev–Trinajstić information content (AvgIpc) is 2.72. The lowest BCUT2D eigenvalue weighted by atomic mass is 9.93. The average molecular weight is 439 g/mol. The number of nitrogens with one attached hydrogen (secondary N) is 2. The number of amidine groups is 1. The van der Waals surface area contributed by atoms with Crippen molar-refractivity contribution in [1.82, 2.24) is 5.43 Å². The number of fused-ring (bicyclic) bond motifs is 1. The largest absolute Gasteiger partial charge is 0.326 e. The molecule has 2 heterocycles. The first-order valence-electron chi connectivity index (χ1n) is 10.2. The van der Waals surface area contributed by atoms with Crippen LogP contribution in [0.25, 0.3) is 0 Å². The van der Waals surface area contributed by atoms with E-state index >= 15 is 0 Å². The summed E-state index contributed by atoms with van der Waals surface area (Å²) < 4.78 is -0.379. The van der Waals surface area contributed by atoms with Crippen molar-refractivity contribution in [2.45, 2.75) is 43.3 Å². The van der Waals surface area contributed by atoms with Gasteiger partial charge in [-0.15, -0.1) is 11.8 Å². The highest BCUT2D eigenvalue weighted by molar-refractivity contribution is 8.15. The van der Waals surface area contributed by atoms with E-state index in [0.717, 1.165) is 47.7 Å². The first-order chi connectivity index (χ1) is 14.4. The summed E-state index contributed by atoms with van der Waals surface area (Å²) in [5, 5.41) is 13.0. The van der Waals surface area contributed by atoms with Gasteiger partial charge in [-0.05, 0) is 67.8 Å². The maximum absolute atomic E-state index is 11.7. The summed E-state index contributed by atoms with van der Waals surface area (Å²) in [5.41, 5.74) is 7.75. The number of rotatable bonds is 4. The minimum Gasteiger partial charge on any atom is -0.326 e. The number of carbonyl (C=O) groups is 1. The second-order valence-corrected chi connectivity index (χ2v) is 10.8. The van der Waals surface area contributed by atoms with Gasteiger partial charge >= 0.3 is 0 Å². The Morgan fingerprint density at radius 3 is 2.73 bits per heavy atom. The van der Waals surface area contributed by atoms with Crippen molar-refractivity contribution in [2.24, 2.45) is 5.10 Å². The molecular formula is C23H26N4OS2. The Kier molecular flexibility index (Phi) is 5.93. The molecular weight excluding hydrogens is 412 g/mol. The zero-order valence-corrected chi connectivity index (χ0v) is 19.1. The minimum absolute atomic E-state index is 0.121. The van der Waals surface area contributed by atoms with E-state index in [4.69, 9.17) is 5.41 Å². The third-order valence-corrected chi connectivity index (χ3v) is 7.23. The lowest BCUT2D eigenvalue weighted by Crippen LogP contribution is -2.39. The Morgan fingerprint density at radius 1 is 1.27 bits per heavy atom. The lowest BCUT2D eigenvalue weighted by molar-refractivity contribution is 0.260. The van der Waals surface area contributed by atoms with Crippen molar-refractivity contribution in [1.29, 1.82) is 5.41 Å². The summed E-state index contributed by atoms with van der Waals surface area (Å²) in [6.45, 7) is 7.04. The molecule has 4 rings (SSSR count). The van der Waals surface area contributed by atoms with Crippen LogP contribution in [0, 0.1) is 5.41 Å². The van der Waals surface area contributed by atoms with Gasteiger partial charge in [-0.3, -0.25) is 10.2 Å². The minimum atomic E-state index is -0.379. The van der Waals surface area contributed by atoms with Crippen LogP contribution in [0.3, 0.4) is 0 Å². The Morgan fingerprint density at radius 2 is 2.03 bits per heavy atom. The normalized spacial score (nSPS) is 17.8. The molecule has 2 aliphatic heterocycles. The predicted octanol–water partition coefficient (Wildman–Crippen LogP) is 5.52. The summed E-state index contributed by atoms with van der Waals surface area (Å²) in [6.07, 6.45) is 1.98. The third-order valence-electron chi connectivity index (χ3n) is 5.36. The third kappa shape index (κ3) is 4.14. The highest BCUT2D eigenvalue weighted by atomic mass is 32.2. The molecule has 2 aromatic carbocycles. The lowest BCUT2D eigenvalue weighted by Gasteiger charge is -2.33. The number of hydrogen-bond acceptors (Lipinski definition) is 5. The summed E-state index contributed by atoms with van der Waals surface area (Å²) >= 11 is 3.08. The molecule has 0 fully saturated rings. The molecule has 0 spiro atoms. The standard InChI is InChI=1S/C23H26N4OS2/c1-4-29-18-10-7-15(8-11-18)21(24)27-13-5-6-16-14-17(9-12-19(16)27)20-23(2,3)30-22(28)26-25-20/h7-12,14,24H,4-6,13H2,1-3H3,(H,26,28). The summed E-state index contributed by atoms with van der Waals surface area (Å²) in [4.78, 5) is 15.1. The molecule has 156 valence electrons. The molecule has 0 aliphatic carbocycles. The van der Waals surface area contributed by atoms with Gasteiger partial charge in [-0.25, -0.2) is 5.43 Å². The molecule has 0 unspecified atom stereocenters. The summed E-state index contributed by atoms with van der Waals surface area (Å²) in [6, 6.07) is 14.6. The molecule has 2 aliphatic rings. The quantitative estimate of drug-likeness (QED) is 0.375. The number of hydrazone groups is 1. The van der Waals surface area contributed by atoms with Gasteiger partial charge in [0, 0.05) is 22.7 Å². The molecule has 1 amide bonds. The van der Waals surface area contributed by atoms with Crippen molar-refractivity contribution in [2.75, 3.05) is 17.2 Å². The van der Waals surface area contributed by atoms with Crippen LogP contribution in [0.5, 0.6) is 0 Å². The van der Waals surface area contributed by atoms with Gasteiger partial charge in [0.05, 0.1) is 10.5 Å². The maximum atomic E-state index is 11.7. The van der Waals surface area contributed by atoms with Crippen molar-refractivity contribution in [3.8, 4) is 0 Å². The first-order valence-corrected chi connectivity index (χ1v) is 12.0. The van der Waals surface area contributed by atoms with Gasteiger partial charge in [0.15, 0.2) is 0 Å². The van der Waals surface area contributed by atoms with Crippen molar-refractivity contribution in [3.63, 3.8) is 0 Å². The molecule has 5 nitrogen and oxygen atoms in total. The molecule has 7 heteroatoms. The van der Waals surface area contributed by atoms with Gasteiger partial charge in [-0.1, -0.05) is 36.9 Å².